The molecule has 0 radical (unpaired) electrons. The number of anilines is 1. The lowest BCUT2D eigenvalue weighted by Crippen LogP contribution is -2.37. The third-order valence-electron chi connectivity index (χ3n) is 2.30. The third-order valence-corrected chi connectivity index (χ3v) is 2.30. The van der Waals surface area contributed by atoms with Gasteiger partial charge in [-0.3, -0.25) is 4.79 Å². The Bertz CT molecular complexity index is 526. The summed E-state index contributed by atoms with van der Waals surface area (Å²) >= 11 is 0. The number of alkyl carbamates (subject to hydrolysis) is 1. The Kier molecular flexibility index (Phi) is 5.66. The number of aliphatic hydroxyl groups is 1. The van der Waals surface area contributed by atoms with Crippen LogP contribution in [0.25, 0.3) is 0 Å². The standard InChI is InChI=1S/C14H19FN2O4/c1-14(2,3)21-13(20)16-7-12(19)17-10-5-4-9(8-18)11(15)6-10/h4-6,18H,7-8H2,1-3H3,(H,16,20)(H,17,19). The van der Waals surface area contributed by atoms with Crippen molar-refractivity contribution in [1.82, 2.24) is 5.32 Å². The molecule has 21 heavy (non-hydrogen) atoms. The zero-order valence-electron chi connectivity index (χ0n) is 12.2. The zero-order chi connectivity index (χ0) is 16.0. The van der Waals surface area contributed by atoms with Crippen molar-refractivity contribution in [2.75, 3.05) is 11.9 Å². The topological polar surface area (TPSA) is 87.7 Å². The lowest BCUT2D eigenvalue weighted by molar-refractivity contribution is -0.115. The third kappa shape index (κ3) is 6.22. The van der Waals surface area contributed by atoms with Crippen molar-refractivity contribution in [3.05, 3.63) is 29.6 Å². The van der Waals surface area contributed by atoms with Crippen LogP contribution in [0.3, 0.4) is 0 Å². The summed E-state index contributed by atoms with van der Waals surface area (Å²) in [5.74, 6) is -1.13. The number of halogens is 1. The average molecular weight is 298 g/mol. The van der Waals surface area contributed by atoms with Crippen molar-refractivity contribution in [3.63, 3.8) is 0 Å². The molecule has 1 aromatic rings. The Labute approximate surface area is 122 Å². The Morgan fingerprint density at radius 2 is 2.00 bits per heavy atom. The minimum Gasteiger partial charge on any atom is -0.444 e. The summed E-state index contributed by atoms with van der Waals surface area (Å²) < 4.78 is 18.4. The van der Waals surface area contributed by atoms with Crippen LogP contribution in [-0.4, -0.2) is 29.3 Å². The largest absolute Gasteiger partial charge is 0.444 e. The lowest BCUT2D eigenvalue weighted by Gasteiger charge is -2.19. The van der Waals surface area contributed by atoms with Gasteiger partial charge in [0.05, 0.1) is 6.61 Å². The molecule has 7 heteroatoms. The minimum atomic E-state index is -0.709. The first-order chi connectivity index (χ1) is 9.71. The second kappa shape index (κ2) is 7.03. The summed E-state index contributed by atoms with van der Waals surface area (Å²) in [7, 11) is 0. The summed E-state index contributed by atoms with van der Waals surface area (Å²) in [4.78, 5) is 22.9. The van der Waals surface area contributed by atoms with Crippen molar-refractivity contribution in [1.29, 1.82) is 0 Å². The van der Waals surface area contributed by atoms with Crippen LogP contribution in [0.5, 0.6) is 0 Å². The van der Waals surface area contributed by atoms with Crippen LogP contribution in [0.15, 0.2) is 18.2 Å². The summed E-state index contributed by atoms with van der Waals surface area (Å²) in [6.45, 7) is 4.41. The first-order valence-electron chi connectivity index (χ1n) is 6.37. The quantitative estimate of drug-likeness (QED) is 0.790. The van der Waals surface area contributed by atoms with E-state index in [1.165, 1.54) is 12.1 Å². The number of hydrogen-bond donors (Lipinski definition) is 3. The summed E-state index contributed by atoms with van der Waals surface area (Å²) in [6.07, 6.45) is -0.709. The second-order valence-electron chi connectivity index (χ2n) is 5.37. The van der Waals surface area contributed by atoms with Gasteiger partial charge in [0.15, 0.2) is 0 Å². The van der Waals surface area contributed by atoms with Gasteiger partial charge in [-0.1, -0.05) is 6.07 Å². The fourth-order valence-corrected chi connectivity index (χ4v) is 1.43. The molecule has 0 aromatic heterocycles. The average Bonchev–Trinajstić information content (AvgIpc) is 2.34. The number of carbonyl (C=O) groups excluding carboxylic acids is 2. The van der Waals surface area contributed by atoms with Crippen LogP contribution in [0.4, 0.5) is 14.9 Å². The van der Waals surface area contributed by atoms with Crippen LogP contribution in [0.2, 0.25) is 0 Å². The Morgan fingerprint density at radius 3 is 2.52 bits per heavy atom. The molecule has 1 rings (SSSR count). The van der Waals surface area contributed by atoms with E-state index in [0.29, 0.717) is 0 Å². The Balaban J connectivity index is 2.47. The number of benzene rings is 1. The van der Waals surface area contributed by atoms with Gasteiger partial charge in [-0.15, -0.1) is 0 Å². The van der Waals surface area contributed by atoms with E-state index in [2.05, 4.69) is 10.6 Å². The van der Waals surface area contributed by atoms with Crippen molar-refractivity contribution in [2.24, 2.45) is 0 Å². The maximum atomic E-state index is 13.4. The van der Waals surface area contributed by atoms with E-state index >= 15 is 0 Å². The summed E-state index contributed by atoms with van der Waals surface area (Å²) in [5.41, 5.74) is -0.273. The van der Waals surface area contributed by atoms with Crippen molar-refractivity contribution in [2.45, 2.75) is 33.0 Å². The van der Waals surface area contributed by atoms with Gasteiger partial charge in [0.25, 0.3) is 0 Å². The highest BCUT2D eigenvalue weighted by Gasteiger charge is 2.16. The predicted octanol–water partition coefficient (Wildman–Crippen LogP) is 1.78. The fourth-order valence-electron chi connectivity index (χ4n) is 1.43. The molecule has 0 atom stereocenters. The molecule has 0 aliphatic carbocycles. The van der Waals surface area contributed by atoms with Gasteiger partial charge < -0.3 is 20.5 Å². The Hall–Kier alpha value is -2.15. The zero-order valence-corrected chi connectivity index (χ0v) is 12.2. The maximum absolute atomic E-state index is 13.4. The number of amides is 2. The van der Waals surface area contributed by atoms with E-state index in [9.17, 15) is 14.0 Å². The van der Waals surface area contributed by atoms with Gasteiger partial charge in [0, 0.05) is 11.3 Å². The number of rotatable bonds is 4. The summed E-state index contributed by atoms with van der Waals surface area (Å²) in [6, 6.07) is 3.92. The van der Waals surface area contributed by atoms with Gasteiger partial charge in [0.1, 0.15) is 18.0 Å². The monoisotopic (exact) mass is 298 g/mol. The molecule has 0 aliphatic heterocycles. The molecule has 0 saturated carbocycles. The fraction of sp³-hybridized carbons (Fsp3) is 0.429. The van der Waals surface area contributed by atoms with E-state index in [-0.39, 0.29) is 17.8 Å². The van der Waals surface area contributed by atoms with Gasteiger partial charge in [-0.25, -0.2) is 9.18 Å². The van der Waals surface area contributed by atoms with Gasteiger partial charge in [-0.2, -0.15) is 0 Å². The molecule has 0 saturated heterocycles. The molecular formula is C14H19FN2O4. The number of aliphatic hydroxyl groups excluding tert-OH is 1. The summed E-state index contributed by atoms with van der Waals surface area (Å²) in [5, 5.41) is 13.6. The molecule has 0 heterocycles. The second-order valence-corrected chi connectivity index (χ2v) is 5.37. The van der Waals surface area contributed by atoms with E-state index in [1.807, 2.05) is 0 Å². The molecule has 0 fully saturated rings. The molecular weight excluding hydrogens is 279 g/mol. The number of ether oxygens (including phenoxy) is 1. The van der Waals surface area contributed by atoms with Crippen LogP contribution in [0.1, 0.15) is 26.3 Å². The number of hydrogen-bond acceptors (Lipinski definition) is 4. The van der Waals surface area contributed by atoms with Crippen molar-refractivity contribution in [3.8, 4) is 0 Å². The molecule has 0 spiro atoms. The molecule has 3 N–H and O–H groups in total. The SMILES string of the molecule is CC(C)(C)OC(=O)NCC(=O)Nc1ccc(CO)c(F)c1. The van der Waals surface area contributed by atoms with Gasteiger partial charge in [0.2, 0.25) is 5.91 Å². The van der Waals surface area contributed by atoms with Crippen LogP contribution >= 0.6 is 0 Å². The highest BCUT2D eigenvalue weighted by Crippen LogP contribution is 2.14. The molecule has 1 aromatic carbocycles. The smallest absolute Gasteiger partial charge is 0.408 e. The molecule has 0 unspecified atom stereocenters. The maximum Gasteiger partial charge on any atom is 0.408 e. The highest BCUT2D eigenvalue weighted by molar-refractivity contribution is 5.93. The number of nitrogens with one attached hydrogen (secondary N) is 2. The molecule has 6 nitrogen and oxygen atoms in total. The molecule has 2 amide bonds. The van der Waals surface area contributed by atoms with Gasteiger partial charge >= 0.3 is 6.09 Å². The van der Waals surface area contributed by atoms with E-state index < -0.39 is 30.0 Å². The first kappa shape index (κ1) is 16.9. The van der Waals surface area contributed by atoms with Crippen molar-refractivity contribution < 1.29 is 23.8 Å². The van der Waals surface area contributed by atoms with Crippen LogP contribution < -0.4 is 10.6 Å². The van der Waals surface area contributed by atoms with Crippen LogP contribution in [0, 0.1) is 5.82 Å². The minimum absolute atomic E-state index is 0.139. The van der Waals surface area contributed by atoms with Crippen LogP contribution in [-0.2, 0) is 16.1 Å². The van der Waals surface area contributed by atoms with E-state index in [1.54, 1.807) is 20.8 Å². The Morgan fingerprint density at radius 1 is 1.33 bits per heavy atom. The number of carbonyl (C=O) groups is 2. The first-order valence-corrected chi connectivity index (χ1v) is 6.37. The molecule has 0 bridgehead atoms. The van der Waals surface area contributed by atoms with E-state index in [0.717, 1.165) is 6.07 Å². The molecule has 116 valence electrons. The molecule has 0 aliphatic rings. The lowest BCUT2D eigenvalue weighted by atomic mass is 10.2. The predicted molar refractivity (Wildman–Crippen MR) is 75.2 cm³/mol. The highest BCUT2D eigenvalue weighted by atomic mass is 19.1. The van der Waals surface area contributed by atoms with Gasteiger partial charge in [-0.05, 0) is 32.9 Å². The van der Waals surface area contributed by atoms with Crippen molar-refractivity contribution >= 4 is 17.7 Å². The van der Waals surface area contributed by atoms with E-state index in [4.69, 9.17) is 9.84 Å². The normalized spacial score (nSPS) is 10.9.